The van der Waals surface area contributed by atoms with Crippen molar-refractivity contribution >= 4 is 11.8 Å². The van der Waals surface area contributed by atoms with E-state index in [1.165, 1.54) is 48.5 Å². The number of allylic oxidation sites excluding steroid dienone is 2. The van der Waals surface area contributed by atoms with E-state index in [0.717, 1.165) is 11.7 Å². The Labute approximate surface area is 125 Å². The Balaban J connectivity index is 1.55. The Hall–Kier alpha value is -1.11. The molecule has 2 nitrogen and oxygen atoms in total. The zero-order valence-corrected chi connectivity index (χ0v) is 12.7. The summed E-state index contributed by atoms with van der Waals surface area (Å²) >= 11 is 1.94. The van der Waals surface area contributed by atoms with Gasteiger partial charge in [-0.3, -0.25) is 0 Å². The Bertz CT molecular complexity index is 564. The molecule has 1 unspecified atom stereocenters. The van der Waals surface area contributed by atoms with Crippen molar-refractivity contribution in [3.63, 3.8) is 0 Å². The highest BCUT2D eigenvalue weighted by atomic mass is 32.2. The predicted molar refractivity (Wildman–Crippen MR) is 84.9 cm³/mol. The van der Waals surface area contributed by atoms with E-state index in [1.807, 2.05) is 18.7 Å². The molecule has 0 aromatic carbocycles. The highest BCUT2D eigenvalue weighted by molar-refractivity contribution is 8.03. The highest BCUT2D eigenvalue weighted by Gasteiger charge is 2.35. The second kappa shape index (κ2) is 5.02. The standard InChI is InChI=1S/C17H20N2S/c1-2-3-14-12-20-17-11-19(7-5-16(14)17)15-8-13-4-6-18(9-13)10-15/h5,7,11,13,15H,4,6,8-10,12H2,1H3/t13-,15-/m1/s1. The molecule has 4 aliphatic rings. The molecule has 104 valence electrons. The predicted octanol–water partition coefficient (Wildman–Crippen LogP) is 2.82. The van der Waals surface area contributed by atoms with Crippen molar-refractivity contribution in [1.29, 1.82) is 0 Å². The van der Waals surface area contributed by atoms with Crippen molar-refractivity contribution in [2.45, 2.75) is 25.8 Å². The normalized spacial score (nSPS) is 34.8. The van der Waals surface area contributed by atoms with Crippen LogP contribution in [0.2, 0.25) is 0 Å². The molecule has 0 N–H and O–H groups in total. The fourth-order valence-electron chi connectivity index (χ4n) is 3.81. The molecule has 0 saturated carbocycles. The topological polar surface area (TPSA) is 6.48 Å². The fourth-order valence-corrected chi connectivity index (χ4v) is 4.88. The number of rotatable bonds is 1. The SMILES string of the molecule is CC#CC1=C2C=CN([C@@H]3C[C@H]4CCN(C4)C3)C=C2SC1. The largest absolute Gasteiger partial charge is 0.349 e. The number of nitrogens with zero attached hydrogens (tertiary/aromatic N) is 2. The van der Waals surface area contributed by atoms with Crippen LogP contribution in [0.3, 0.4) is 0 Å². The maximum atomic E-state index is 3.25. The Morgan fingerprint density at radius 1 is 1.35 bits per heavy atom. The third kappa shape index (κ3) is 2.12. The lowest BCUT2D eigenvalue weighted by Crippen LogP contribution is -2.43. The van der Waals surface area contributed by atoms with E-state index >= 15 is 0 Å². The average Bonchev–Trinajstić information content (AvgIpc) is 3.02. The lowest BCUT2D eigenvalue weighted by atomic mass is 9.95. The maximum Gasteiger partial charge on any atom is 0.0461 e. The van der Waals surface area contributed by atoms with Crippen molar-refractivity contribution in [3.8, 4) is 11.8 Å². The summed E-state index contributed by atoms with van der Waals surface area (Å²) in [6.45, 7) is 5.80. The van der Waals surface area contributed by atoms with Gasteiger partial charge in [-0.15, -0.1) is 17.7 Å². The van der Waals surface area contributed by atoms with E-state index in [2.05, 4.69) is 40.1 Å². The fraction of sp³-hybridized carbons (Fsp3) is 0.529. The maximum absolute atomic E-state index is 3.25. The molecule has 0 spiro atoms. The third-order valence-corrected chi connectivity index (χ3v) is 5.85. The van der Waals surface area contributed by atoms with Crippen LogP contribution in [0.25, 0.3) is 0 Å². The second-order valence-electron chi connectivity index (χ2n) is 6.12. The van der Waals surface area contributed by atoms with Gasteiger partial charge in [0, 0.05) is 53.3 Å². The second-order valence-corrected chi connectivity index (χ2v) is 7.13. The van der Waals surface area contributed by atoms with Gasteiger partial charge in [-0.1, -0.05) is 5.92 Å². The lowest BCUT2D eigenvalue weighted by molar-refractivity contribution is 0.173. The summed E-state index contributed by atoms with van der Waals surface area (Å²) in [5.41, 5.74) is 2.66. The summed E-state index contributed by atoms with van der Waals surface area (Å²) in [6.07, 6.45) is 9.68. The molecule has 0 aliphatic carbocycles. The van der Waals surface area contributed by atoms with E-state index in [9.17, 15) is 0 Å². The highest BCUT2D eigenvalue weighted by Crippen LogP contribution is 2.40. The summed E-state index contributed by atoms with van der Waals surface area (Å²) in [7, 11) is 0. The average molecular weight is 284 g/mol. The number of hydrogen-bond donors (Lipinski definition) is 0. The van der Waals surface area contributed by atoms with Gasteiger partial charge in [0.15, 0.2) is 0 Å². The number of hydrogen-bond acceptors (Lipinski definition) is 3. The summed E-state index contributed by atoms with van der Waals surface area (Å²) in [4.78, 5) is 6.50. The molecule has 0 radical (unpaired) electrons. The van der Waals surface area contributed by atoms with Crippen molar-refractivity contribution in [1.82, 2.24) is 9.80 Å². The summed E-state index contributed by atoms with van der Waals surface area (Å²) in [5, 5.41) is 0. The molecule has 0 aromatic heterocycles. The number of piperidine rings is 1. The van der Waals surface area contributed by atoms with Crippen LogP contribution >= 0.6 is 11.8 Å². The first-order valence-electron chi connectivity index (χ1n) is 7.52. The molecule has 20 heavy (non-hydrogen) atoms. The Morgan fingerprint density at radius 3 is 3.15 bits per heavy atom. The molecule has 4 rings (SSSR count). The minimum absolute atomic E-state index is 0.670. The van der Waals surface area contributed by atoms with Gasteiger partial charge in [0.05, 0.1) is 0 Å². The van der Waals surface area contributed by atoms with Crippen LogP contribution in [0.1, 0.15) is 19.8 Å². The van der Waals surface area contributed by atoms with E-state index in [-0.39, 0.29) is 0 Å². The van der Waals surface area contributed by atoms with Crippen molar-refractivity contribution in [2.24, 2.45) is 5.92 Å². The molecule has 0 aromatic rings. The quantitative estimate of drug-likeness (QED) is 0.684. The van der Waals surface area contributed by atoms with Gasteiger partial charge in [-0.25, -0.2) is 0 Å². The summed E-state index contributed by atoms with van der Waals surface area (Å²) < 4.78 is 0. The van der Waals surface area contributed by atoms with Crippen molar-refractivity contribution in [3.05, 3.63) is 34.5 Å². The van der Waals surface area contributed by atoms with E-state index in [0.29, 0.717) is 6.04 Å². The smallest absolute Gasteiger partial charge is 0.0461 e. The van der Waals surface area contributed by atoms with E-state index < -0.39 is 0 Å². The first-order valence-corrected chi connectivity index (χ1v) is 8.51. The minimum Gasteiger partial charge on any atom is -0.349 e. The first kappa shape index (κ1) is 12.6. The third-order valence-electron chi connectivity index (χ3n) is 4.78. The zero-order valence-electron chi connectivity index (χ0n) is 11.9. The van der Waals surface area contributed by atoms with Gasteiger partial charge in [-0.05, 0) is 38.3 Å². The summed E-state index contributed by atoms with van der Waals surface area (Å²) in [5.74, 6) is 8.25. The van der Waals surface area contributed by atoms with Gasteiger partial charge in [-0.2, -0.15) is 0 Å². The molecule has 2 fully saturated rings. The van der Waals surface area contributed by atoms with Crippen LogP contribution in [0.15, 0.2) is 34.5 Å². The van der Waals surface area contributed by atoms with Gasteiger partial charge in [0.25, 0.3) is 0 Å². The molecule has 0 amide bonds. The van der Waals surface area contributed by atoms with Crippen LogP contribution in [-0.4, -0.2) is 41.2 Å². The lowest BCUT2D eigenvalue weighted by Gasteiger charge is -2.37. The molecular weight excluding hydrogens is 264 g/mol. The Morgan fingerprint density at radius 2 is 2.30 bits per heavy atom. The molecule has 4 heterocycles. The molecule has 3 heteroatoms. The van der Waals surface area contributed by atoms with Crippen LogP contribution in [0.4, 0.5) is 0 Å². The first-order chi connectivity index (χ1) is 9.83. The van der Waals surface area contributed by atoms with Crippen molar-refractivity contribution in [2.75, 3.05) is 25.4 Å². The molecule has 2 bridgehead atoms. The van der Waals surface area contributed by atoms with Crippen LogP contribution in [0, 0.1) is 17.8 Å². The van der Waals surface area contributed by atoms with E-state index in [1.54, 1.807) is 0 Å². The van der Waals surface area contributed by atoms with Gasteiger partial charge < -0.3 is 9.80 Å². The molecule has 3 atom stereocenters. The number of thioether (sulfide) groups is 1. The monoisotopic (exact) mass is 284 g/mol. The molecule has 2 saturated heterocycles. The number of fused-ring (bicyclic) bond motifs is 3. The molecular formula is C17H20N2S. The van der Waals surface area contributed by atoms with Crippen LogP contribution in [0.5, 0.6) is 0 Å². The minimum atomic E-state index is 0.670. The van der Waals surface area contributed by atoms with E-state index in [4.69, 9.17) is 0 Å². The van der Waals surface area contributed by atoms with Crippen LogP contribution in [-0.2, 0) is 0 Å². The zero-order chi connectivity index (χ0) is 13.5. The summed E-state index contributed by atoms with van der Waals surface area (Å²) in [6, 6.07) is 0.670. The van der Waals surface area contributed by atoms with Gasteiger partial charge >= 0.3 is 0 Å². The van der Waals surface area contributed by atoms with Crippen molar-refractivity contribution < 1.29 is 0 Å². The molecule has 4 aliphatic heterocycles. The Kier molecular flexibility index (Phi) is 3.17. The van der Waals surface area contributed by atoms with Gasteiger partial charge in [0.1, 0.15) is 0 Å². The van der Waals surface area contributed by atoms with Crippen LogP contribution < -0.4 is 0 Å². The van der Waals surface area contributed by atoms with Gasteiger partial charge in [0.2, 0.25) is 0 Å².